The molecule has 1 aliphatic heterocycles. The zero-order chi connectivity index (χ0) is 12.3. The molecule has 0 aromatic carbocycles. The first-order valence-corrected chi connectivity index (χ1v) is 6.77. The highest BCUT2D eigenvalue weighted by atomic mass is 32.1. The highest BCUT2D eigenvalue weighted by molar-refractivity contribution is 7.11. The van der Waals surface area contributed by atoms with Crippen molar-refractivity contribution >= 4 is 17.3 Å². The summed E-state index contributed by atoms with van der Waals surface area (Å²) in [5.74, 6) is -0.732. The lowest BCUT2D eigenvalue weighted by Crippen LogP contribution is -2.54. The van der Waals surface area contributed by atoms with Crippen molar-refractivity contribution in [3.63, 3.8) is 0 Å². The summed E-state index contributed by atoms with van der Waals surface area (Å²) in [5, 5.41) is 12.3. The van der Waals surface area contributed by atoms with Crippen LogP contribution in [-0.2, 0) is 17.8 Å². The maximum Gasteiger partial charge on any atom is 0.322 e. The predicted octanol–water partition coefficient (Wildman–Crippen LogP) is 1.17. The van der Waals surface area contributed by atoms with Crippen LogP contribution in [0.4, 0.5) is 0 Å². The molecule has 1 aromatic heterocycles. The van der Waals surface area contributed by atoms with Gasteiger partial charge in [0.1, 0.15) is 6.04 Å². The van der Waals surface area contributed by atoms with E-state index in [4.69, 9.17) is 5.11 Å². The maximum atomic E-state index is 11.1. The average Bonchev–Trinajstić information content (AvgIpc) is 2.77. The van der Waals surface area contributed by atoms with Crippen molar-refractivity contribution in [1.29, 1.82) is 0 Å². The molecule has 0 spiro atoms. The molecule has 0 amide bonds. The van der Waals surface area contributed by atoms with Gasteiger partial charge in [0.2, 0.25) is 0 Å². The zero-order valence-electron chi connectivity index (χ0n) is 9.98. The number of aryl methyl sites for hydroxylation is 1. The van der Waals surface area contributed by atoms with Crippen LogP contribution in [0.25, 0.3) is 0 Å². The fourth-order valence-electron chi connectivity index (χ4n) is 2.08. The molecule has 0 saturated carbocycles. The molecule has 1 aliphatic rings. The molecule has 2 heterocycles. The van der Waals surface area contributed by atoms with E-state index in [-0.39, 0.29) is 0 Å². The lowest BCUT2D eigenvalue weighted by Gasteiger charge is -2.32. The number of carboxylic acids is 1. The SMILES string of the molecule is CCc1ccc(CN2CCNCC2C(=O)O)s1. The summed E-state index contributed by atoms with van der Waals surface area (Å²) in [6, 6.07) is 3.86. The first-order valence-electron chi connectivity index (χ1n) is 5.96. The Morgan fingerprint density at radius 1 is 1.59 bits per heavy atom. The molecule has 1 fully saturated rings. The second kappa shape index (κ2) is 5.62. The number of thiophene rings is 1. The van der Waals surface area contributed by atoms with E-state index in [9.17, 15) is 4.79 Å². The molecule has 0 radical (unpaired) electrons. The van der Waals surface area contributed by atoms with Gasteiger partial charge in [0.05, 0.1) is 0 Å². The van der Waals surface area contributed by atoms with Crippen LogP contribution in [-0.4, -0.2) is 41.7 Å². The molecular formula is C12H18N2O2S. The number of nitrogens with one attached hydrogen (secondary N) is 1. The second-order valence-corrected chi connectivity index (χ2v) is 5.50. The molecule has 1 saturated heterocycles. The molecule has 1 atom stereocenters. The number of nitrogens with zero attached hydrogens (tertiary/aromatic N) is 1. The molecule has 2 N–H and O–H groups in total. The van der Waals surface area contributed by atoms with Gasteiger partial charge >= 0.3 is 5.97 Å². The highest BCUT2D eigenvalue weighted by Crippen LogP contribution is 2.20. The third-order valence-corrected chi connectivity index (χ3v) is 4.28. The topological polar surface area (TPSA) is 52.6 Å². The summed E-state index contributed by atoms with van der Waals surface area (Å²) in [6.07, 6.45) is 1.05. The highest BCUT2D eigenvalue weighted by Gasteiger charge is 2.28. The molecule has 1 aromatic rings. The number of aliphatic carboxylic acids is 1. The number of carboxylic acid groups (broad SMARTS) is 1. The Kier molecular flexibility index (Phi) is 4.15. The van der Waals surface area contributed by atoms with E-state index in [1.807, 2.05) is 4.90 Å². The number of hydrogen-bond acceptors (Lipinski definition) is 4. The van der Waals surface area contributed by atoms with Gasteiger partial charge in [0, 0.05) is 35.9 Å². The standard InChI is InChI=1S/C12H18N2O2S/c1-2-9-3-4-10(17-9)8-14-6-5-13-7-11(14)12(15)16/h3-4,11,13H,2,5-8H2,1H3,(H,15,16). The van der Waals surface area contributed by atoms with Crippen molar-refractivity contribution in [3.8, 4) is 0 Å². The Morgan fingerprint density at radius 2 is 2.35 bits per heavy atom. The van der Waals surface area contributed by atoms with Crippen LogP contribution in [0.1, 0.15) is 16.7 Å². The molecule has 94 valence electrons. The predicted molar refractivity (Wildman–Crippen MR) is 68.4 cm³/mol. The molecule has 5 heteroatoms. The molecule has 2 rings (SSSR count). The Bertz CT molecular complexity index is 392. The van der Waals surface area contributed by atoms with Crippen molar-refractivity contribution in [2.24, 2.45) is 0 Å². The van der Waals surface area contributed by atoms with Crippen molar-refractivity contribution < 1.29 is 9.90 Å². The first-order chi connectivity index (χ1) is 8.20. The van der Waals surface area contributed by atoms with Gasteiger partial charge in [0.15, 0.2) is 0 Å². The van der Waals surface area contributed by atoms with E-state index in [0.29, 0.717) is 6.54 Å². The van der Waals surface area contributed by atoms with E-state index < -0.39 is 12.0 Å². The molecular weight excluding hydrogens is 236 g/mol. The van der Waals surface area contributed by atoms with E-state index >= 15 is 0 Å². The van der Waals surface area contributed by atoms with Gasteiger partial charge in [-0.2, -0.15) is 0 Å². The van der Waals surface area contributed by atoms with Gasteiger partial charge in [-0.25, -0.2) is 0 Å². The van der Waals surface area contributed by atoms with Gasteiger partial charge in [-0.1, -0.05) is 6.92 Å². The summed E-state index contributed by atoms with van der Waals surface area (Å²) >= 11 is 1.79. The van der Waals surface area contributed by atoms with E-state index in [0.717, 1.165) is 26.1 Å². The number of piperazine rings is 1. The van der Waals surface area contributed by atoms with Crippen LogP contribution in [0.5, 0.6) is 0 Å². The third kappa shape index (κ3) is 3.06. The Balaban J connectivity index is 2.02. The van der Waals surface area contributed by atoms with Gasteiger partial charge in [-0.05, 0) is 18.6 Å². The lowest BCUT2D eigenvalue weighted by atomic mass is 10.2. The van der Waals surface area contributed by atoms with Crippen LogP contribution in [0.15, 0.2) is 12.1 Å². The fraction of sp³-hybridized carbons (Fsp3) is 0.583. The minimum absolute atomic E-state index is 0.393. The largest absolute Gasteiger partial charge is 0.480 e. The third-order valence-electron chi connectivity index (χ3n) is 3.06. The van der Waals surface area contributed by atoms with Crippen molar-refractivity contribution in [1.82, 2.24) is 10.2 Å². The van der Waals surface area contributed by atoms with E-state index in [2.05, 4.69) is 24.4 Å². The molecule has 17 heavy (non-hydrogen) atoms. The average molecular weight is 254 g/mol. The van der Waals surface area contributed by atoms with Gasteiger partial charge in [0.25, 0.3) is 0 Å². The smallest absolute Gasteiger partial charge is 0.322 e. The van der Waals surface area contributed by atoms with Crippen LogP contribution >= 0.6 is 11.3 Å². The fourth-order valence-corrected chi connectivity index (χ4v) is 3.06. The summed E-state index contributed by atoms with van der Waals surface area (Å²) in [5.41, 5.74) is 0. The van der Waals surface area contributed by atoms with Crippen LogP contribution in [0.2, 0.25) is 0 Å². The normalized spacial score (nSPS) is 21.6. The van der Waals surface area contributed by atoms with Gasteiger partial charge < -0.3 is 10.4 Å². The Hall–Kier alpha value is -0.910. The molecule has 4 nitrogen and oxygen atoms in total. The minimum Gasteiger partial charge on any atom is -0.480 e. The van der Waals surface area contributed by atoms with Crippen molar-refractivity contribution in [2.45, 2.75) is 25.9 Å². The number of rotatable bonds is 4. The molecule has 1 unspecified atom stereocenters. The van der Waals surface area contributed by atoms with Crippen LogP contribution < -0.4 is 5.32 Å². The first kappa shape index (κ1) is 12.5. The lowest BCUT2D eigenvalue weighted by molar-refractivity contribution is -0.144. The summed E-state index contributed by atoms with van der Waals surface area (Å²) in [4.78, 5) is 15.8. The number of carbonyl (C=O) groups is 1. The van der Waals surface area contributed by atoms with E-state index in [1.54, 1.807) is 11.3 Å². The van der Waals surface area contributed by atoms with Crippen LogP contribution in [0, 0.1) is 0 Å². The summed E-state index contributed by atoms with van der Waals surface area (Å²) < 4.78 is 0. The van der Waals surface area contributed by atoms with Gasteiger partial charge in [-0.15, -0.1) is 11.3 Å². The van der Waals surface area contributed by atoms with Crippen molar-refractivity contribution in [3.05, 3.63) is 21.9 Å². The van der Waals surface area contributed by atoms with Gasteiger partial charge in [-0.3, -0.25) is 9.69 Å². The summed E-state index contributed by atoms with van der Waals surface area (Å²) in [7, 11) is 0. The summed E-state index contributed by atoms with van der Waals surface area (Å²) in [6.45, 7) is 5.11. The molecule has 0 aliphatic carbocycles. The zero-order valence-corrected chi connectivity index (χ0v) is 10.8. The minimum atomic E-state index is -0.732. The monoisotopic (exact) mass is 254 g/mol. The Morgan fingerprint density at radius 3 is 3.00 bits per heavy atom. The Labute approximate surface area is 105 Å². The van der Waals surface area contributed by atoms with Crippen molar-refractivity contribution in [2.75, 3.05) is 19.6 Å². The van der Waals surface area contributed by atoms with Crippen LogP contribution in [0.3, 0.4) is 0 Å². The quantitative estimate of drug-likeness (QED) is 0.847. The molecule has 0 bridgehead atoms. The maximum absolute atomic E-state index is 11.1. The second-order valence-electron chi connectivity index (χ2n) is 4.25. The number of hydrogen-bond donors (Lipinski definition) is 2. The van der Waals surface area contributed by atoms with E-state index in [1.165, 1.54) is 9.75 Å².